The first-order valence-corrected chi connectivity index (χ1v) is 9.62. The van der Waals surface area contributed by atoms with Gasteiger partial charge in [-0.05, 0) is 25.0 Å². The van der Waals surface area contributed by atoms with Crippen LogP contribution < -0.4 is 10.1 Å². The molecule has 3 rings (SSSR count). The third kappa shape index (κ3) is 3.56. The van der Waals surface area contributed by atoms with Gasteiger partial charge in [-0.2, -0.15) is 0 Å². The number of benzene rings is 1. The maximum Gasteiger partial charge on any atom is 0.175 e. The summed E-state index contributed by atoms with van der Waals surface area (Å²) in [7, 11) is -1.77. The van der Waals surface area contributed by atoms with E-state index in [4.69, 9.17) is 4.74 Å². The van der Waals surface area contributed by atoms with Gasteiger partial charge in [0.25, 0.3) is 0 Å². The fraction of sp³-hybridized carbons (Fsp3) is 0.429. The normalized spacial score (nSPS) is 14.8. The molecule has 1 aliphatic carbocycles. The zero-order valence-corrected chi connectivity index (χ0v) is 14.0. The highest BCUT2D eigenvalue weighted by molar-refractivity contribution is 7.90. The first-order chi connectivity index (χ1) is 10.5. The van der Waals surface area contributed by atoms with Gasteiger partial charge < -0.3 is 10.1 Å². The Morgan fingerprint density at radius 1 is 1.32 bits per heavy atom. The van der Waals surface area contributed by atoms with Crippen LogP contribution in [0.4, 0.5) is 5.69 Å². The van der Waals surface area contributed by atoms with Crippen LogP contribution in [0.2, 0.25) is 0 Å². The Morgan fingerprint density at radius 3 is 2.73 bits per heavy atom. The molecule has 0 aliphatic heterocycles. The molecule has 1 fully saturated rings. The molecule has 1 heterocycles. The van der Waals surface area contributed by atoms with Gasteiger partial charge in [0.15, 0.2) is 9.84 Å². The SMILES string of the molecule is COc1cc(NCc2nnc(C3CC3)s2)cc(S(C)(=O)=O)c1. The molecule has 0 unspecified atom stereocenters. The van der Waals surface area contributed by atoms with Gasteiger partial charge in [0.05, 0.1) is 18.6 Å². The second kappa shape index (κ2) is 5.85. The third-order valence-corrected chi connectivity index (χ3v) is 5.57. The molecule has 0 amide bonds. The first kappa shape index (κ1) is 15.2. The van der Waals surface area contributed by atoms with E-state index >= 15 is 0 Å². The van der Waals surface area contributed by atoms with Gasteiger partial charge in [-0.3, -0.25) is 0 Å². The standard InChI is InChI=1S/C14H17N3O3S2/c1-20-11-5-10(6-12(7-11)22(2,18)19)15-8-13-16-17-14(21-13)9-3-4-9/h5-7,9,15H,3-4,8H2,1-2H3. The van der Waals surface area contributed by atoms with Gasteiger partial charge >= 0.3 is 0 Å². The van der Waals surface area contributed by atoms with Crippen molar-refractivity contribution in [3.63, 3.8) is 0 Å². The van der Waals surface area contributed by atoms with Gasteiger partial charge in [-0.25, -0.2) is 8.42 Å². The van der Waals surface area contributed by atoms with Crippen LogP contribution in [0.3, 0.4) is 0 Å². The van der Waals surface area contributed by atoms with Crippen LogP contribution in [0.1, 0.15) is 28.8 Å². The Bertz CT molecular complexity index is 782. The van der Waals surface area contributed by atoms with Crippen molar-refractivity contribution in [2.45, 2.75) is 30.2 Å². The molecule has 1 N–H and O–H groups in total. The summed E-state index contributed by atoms with van der Waals surface area (Å²) in [6, 6.07) is 4.87. The highest BCUT2D eigenvalue weighted by atomic mass is 32.2. The number of rotatable bonds is 6. The zero-order chi connectivity index (χ0) is 15.7. The Kier molecular flexibility index (Phi) is 4.05. The van der Waals surface area contributed by atoms with E-state index in [0.29, 0.717) is 23.9 Å². The minimum atomic E-state index is -3.29. The van der Waals surface area contributed by atoms with Crippen LogP contribution in [0.25, 0.3) is 0 Å². The number of hydrogen-bond acceptors (Lipinski definition) is 7. The smallest absolute Gasteiger partial charge is 0.175 e. The lowest BCUT2D eigenvalue weighted by atomic mass is 10.3. The predicted octanol–water partition coefficient (Wildman–Crippen LogP) is 2.44. The number of ether oxygens (including phenoxy) is 1. The molecule has 118 valence electrons. The summed E-state index contributed by atoms with van der Waals surface area (Å²) < 4.78 is 28.6. The van der Waals surface area contributed by atoms with Crippen molar-refractivity contribution < 1.29 is 13.2 Å². The fourth-order valence-corrected chi connectivity index (χ4v) is 3.64. The Morgan fingerprint density at radius 2 is 2.09 bits per heavy atom. The highest BCUT2D eigenvalue weighted by Gasteiger charge is 2.27. The van der Waals surface area contributed by atoms with Crippen LogP contribution in [0.5, 0.6) is 5.75 Å². The lowest BCUT2D eigenvalue weighted by Gasteiger charge is -2.09. The fourth-order valence-electron chi connectivity index (χ4n) is 2.02. The number of hydrogen-bond donors (Lipinski definition) is 1. The maximum atomic E-state index is 11.7. The van der Waals surface area contributed by atoms with Crippen LogP contribution in [-0.4, -0.2) is 32.0 Å². The molecule has 2 aromatic rings. The van der Waals surface area contributed by atoms with Gasteiger partial charge in [0.1, 0.15) is 15.8 Å². The Balaban J connectivity index is 1.75. The van der Waals surface area contributed by atoms with Crippen LogP contribution in [-0.2, 0) is 16.4 Å². The van der Waals surface area contributed by atoms with Crippen molar-refractivity contribution in [2.24, 2.45) is 0 Å². The lowest BCUT2D eigenvalue weighted by molar-refractivity contribution is 0.413. The summed E-state index contributed by atoms with van der Waals surface area (Å²) in [6.45, 7) is 0.515. The number of nitrogens with zero attached hydrogens (tertiary/aromatic N) is 2. The lowest BCUT2D eigenvalue weighted by Crippen LogP contribution is -2.03. The molecule has 0 atom stereocenters. The van der Waals surface area contributed by atoms with E-state index in [1.807, 2.05) is 0 Å². The van der Waals surface area contributed by atoms with Gasteiger partial charge in [-0.15, -0.1) is 10.2 Å². The Labute approximate surface area is 133 Å². The summed E-state index contributed by atoms with van der Waals surface area (Å²) in [4.78, 5) is 0.227. The number of anilines is 1. The van der Waals surface area contributed by atoms with E-state index < -0.39 is 9.84 Å². The number of sulfone groups is 1. The van der Waals surface area contributed by atoms with Crippen LogP contribution in [0.15, 0.2) is 23.1 Å². The summed E-state index contributed by atoms with van der Waals surface area (Å²) in [5, 5.41) is 13.5. The second-order valence-corrected chi connectivity index (χ2v) is 8.44. The Hall–Kier alpha value is -1.67. The monoisotopic (exact) mass is 339 g/mol. The summed E-state index contributed by atoms with van der Waals surface area (Å²) in [5.41, 5.74) is 0.683. The summed E-state index contributed by atoms with van der Waals surface area (Å²) in [5.74, 6) is 1.10. The van der Waals surface area contributed by atoms with E-state index in [-0.39, 0.29) is 4.90 Å². The average Bonchev–Trinajstić information content (AvgIpc) is 3.23. The zero-order valence-electron chi connectivity index (χ0n) is 12.4. The molecule has 8 heteroatoms. The number of nitrogens with one attached hydrogen (secondary N) is 1. The van der Waals surface area contributed by atoms with Crippen molar-refractivity contribution in [1.29, 1.82) is 0 Å². The molecule has 0 bridgehead atoms. The molecule has 6 nitrogen and oxygen atoms in total. The molecule has 0 spiro atoms. The van der Waals surface area contributed by atoms with Gasteiger partial charge in [0, 0.05) is 23.9 Å². The molecule has 0 saturated heterocycles. The summed E-state index contributed by atoms with van der Waals surface area (Å²) in [6.07, 6.45) is 3.59. The van der Waals surface area contributed by atoms with Crippen molar-refractivity contribution in [2.75, 3.05) is 18.7 Å². The molecule has 0 radical (unpaired) electrons. The molecule has 1 saturated carbocycles. The number of methoxy groups -OCH3 is 1. The van der Waals surface area contributed by atoms with E-state index in [1.165, 1.54) is 32.3 Å². The minimum Gasteiger partial charge on any atom is -0.497 e. The van der Waals surface area contributed by atoms with Crippen molar-refractivity contribution in [1.82, 2.24) is 10.2 Å². The molecule has 22 heavy (non-hydrogen) atoms. The van der Waals surface area contributed by atoms with E-state index in [2.05, 4.69) is 15.5 Å². The van der Waals surface area contributed by atoms with E-state index in [1.54, 1.807) is 23.5 Å². The topological polar surface area (TPSA) is 81.2 Å². The quantitative estimate of drug-likeness (QED) is 0.870. The number of aromatic nitrogens is 2. The van der Waals surface area contributed by atoms with E-state index in [0.717, 1.165) is 10.0 Å². The average molecular weight is 339 g/mol. The van der Waals surface area contributed by atoms with Crippen LogP contribution in [0, 0.1) is 0 Å². The largest absolute Gasteiger partial charge is 0.497 e. The highest BCUT2D eigenvalue weighted by Crippen LogP contribution is 2.41. The van der Waals surface area contributed by atoms with Gasteiger partial charge in [0.2, 0.25) is 0 Å². The summed E-state index contributed by atoms with van der Waals surface area (Å²) >= 11 is 1.61. The molecular weight excluding hydrogens is 322 g/mol. The third-order valence-electron chi connectivity index (χ3n) is 3.40. The molecule has 1 aromatic heterocycles. The maximum absolute atomic E-state index is 11.7. The van der Waals surface area contributed by atoms with Crippen molar-refractivity contribution in [3.05, 3.63) is 28.2 Å². The van der Waals surface area contributed by atoms with E-state index in [9.17, 15) is 8.42 Å². The minimum absolute atomic E-state index is 0.227. The van der Waals surface area contributed by atoms with Gasteiger partial charge in [-0.1, -0.05) is 11.3 Å². The van der Waals surface area contributed by atoms with Crippen molar-refractivity contribution in [3.8, 4) is 5.75 Å². The van der Waals surface area contributed by atoms with Crippen LogP contribution >= 0.6 is 11.3 Å². The molecule has 1 aromatic carbocycles. The molecule has 1 aliphatic rings. The predicted molar refractivity (Wildman–Crippen MR) is 85.3 cm³/mol. The molecular formula is C14H17N3O3S2. The second-order valence-electron chi connectivity index (χ2n) is 5.33. The first-order valence-electron chi connectivity index (χ1n) is 6.91. The van der Waals surface area contributed by atoms with Crippen molar-refractivity contribution >= 4 is 26.9 Å².